The number of rotatable bonds is 5. The number of methoxy groups -OCH3 is 2. The van der Waals surface area contributed by atoms with Gasteiger partial charge in [0.2, 0.25) is 0 Å². The molecule has 0 saturated heterocycles. The lowest BCUT2D eigenvalue weighted by Crippen LogP contribution is -2.11. The molecule has 0 radical (unpaired) electrons. The smallest absolute Gasteiger partial charge is 0.257 e. The Balaban J connectivity index is 1.86. The Morgan fingerprint density at radius 2 is 1.88 bits per heavy atom. The second-order valence-electron chi connectivity index (χ2n) is 5.46. The number of amides is 1. The third-order valence-corrected chi connectivity index (χ3v) is 5.14. The molecule has 7 heteroatoms. The Hall–Kier alpha value is -2.38. The van der Waals surface area contributed by atoms with Crippen LogP contribution in [0.15, 0.2) is 46.9 Å². The Bertz CT molecular complexity index is 956. The van der Waals surface area contributed by atoms with E-state index in [9.17, 15) is 4.79 Å². The number of aryl methyl sites for hydroxylation is 1. The van der Waals surface area contributed by atoms with Gasteiger partial charge in [-0.1, -0.05) is 22.0 Å². The zero-order chi connectivity index (χ0) is 18.7. The molecular weight excluding hydrogens is 416 g/mol. The highest BCUT2D eigenvalue weighted by molar-refractivity contribution is 9.10. The molecule has 0 aliphatic rings. The molecule has 2 aromatic carbocycles. The Labute approximate surface area is 164 Å². The van der Waals surface area contributed by atoms with Crippen molar-refractivity contribution in [2.24, 2.45) is 0 Å². The number of benzene rings is 2. The minimum atomic E-state index is -0.195. The van der Waals surface area contributed by atoms with Crippen LogP contribution in [0.25, 0.3) is 11.3 Å². The molecule has 0 saturated carbocycles. The number of carbonyl (C=O) groups is 1. The fraction of sp³-hybridized carbons (Fsp3) is 0.158. The highest BCUT2D eigenvalue weighted by Gasteiger charge is 2.15. The van der Waals surface area contributed by atoms with Crippen LogP contribution in [0.4, 0.5) is 5.13 Å². The summed E-state index contributed by atoms with van der Waals surface area (Å²) in [5.74, 6) is 1.10. The van der Waals surface area contributed by atoms with Crippen molar-refractivity contribution in [2.75, 3.05) is 19.5 Å². The molecule has 1 heterocycles. The van der Waals surface area contributed by atoms with E-state index in [1.54, 1.807) is 26.4 Å². The molecule has 1 N–H and O–H groups in total. The van der Waals surface area contributed by atoms with Gasteiger partial charge in [-0.15, -0.1) is 11.3 Å². The van der Waals surface area contributed by atoms with Crippen molar-refractivity contribution in [1.82, 2.24) is 4.98 Å². The summed E-state index contributed by atoms with van der Waals surface area (Å²) in [7, 11) is 3.19. The lowest BCUT2D eigenvalue weighted by Gasteiger charge is -2.08. The molecule has 0 spiro atoms. The molecule has 0 atom stereocenters. The molecule has 0 aliphatic heterocycles. The number of anilines is 1. The molecule has 134 valence electrons. The molecular formula is C19H17BrN2O3S. The van der Waals surface area contributed by atoms with Crippen LogP contribution in [-0.2, 0) is 0 Å². The number of nitrogens with one attached hydrogen (secondary N) is 1. The van der Waals surface area contributed by atoms with E-state index in [0.717, 1.165) is 20.6 Å². The first kappa shape index (κ1) is 18.4. The Kier molecular flexibility index (Phi) is 5.58. The van der Waals surface area contributed by atoms with Crippen molar-refractivity contribution < 1.29 is 14.3 Å². The van der Waals surface area contributed by atoms with Crippen LogP contribution < -0.4 is 14.8 Å². The summed E-state index contributed by atoms with van der Waals surface area (Å²) in [4.78, 5) is 18.0. The van der Waals surface area contributed by atoms with E-state index in [4.69, 9.17) is 9.47 Å². The summed E-state index contributed by atoms with van der Waals surface area (Å²) in [5, 5.41) is 3.41. The summed E-state index contributed by atoms with van der Waals surface area (Å²) < 4.78 is 11.5. The van der Waals surface area contributed by atoms with Crippen LogP contribution in [-0.4, -0.2) is 25.1 Å². The van der Waals surface area contributed by atoms with E-state index in [2.05, 4.69) is 26.2 Å². The molecule has 5 nitrogen and oxygen atoms in total. The average Bonchev–Trinajstić information content (AvgIpc) is 3.01. The number of carbonyl (C=O) groups excluding carboxylic acids is 1. The maximum Gasteiger partial charge on any atom is 0.257 e. The van der Waals surface area contributed by atoms with Gasteiger partial charge < -0.3 is 9.47 Å². The predicted octanol–water partition coefficient (Wildman–Crippen LogP) is 5.15. The second kappa shape index (κ2) is 7.88. The van der Waals surface area contributed by atoms with Crippen molar-refractivity contribution >= 4 is 38.3 Å². The van der Waals surface area contributed by atoms with Gasteiger partial charge in [-0.05, 0) is 43.3 Å². The second-order valence-corrected chi connectivity index (χ2v) is 7.58. The maximum absolute atomic E-state index is 12.4. The van der Waals surface area contributed by atoms with E-state index in [1.165, 1.54) is 11.3 Å². The molecule has 1 aromatic heterocycles. The third-order valence-electron chi connectivity index (χ3n) is 3.76. The fourth-order valence-electron chi connectivity index (χ4n) is 2.50. The van der Waals surface area contributed by atoms with Gasteiger partial charge in [-0.3, -0.25) is 10.1 Å². The number of nitrogens with zero attached hydrogens (tertiary/aromatic N) is 1. The number of hydrogen-bond acceptors (Lipinski definition) is 5. The monoisotopic (exact) mass is 432 g/mol. The van der Waals surface area contributed by atoms with Crippen molar-refractivity contribution in [2.45, 2.75) is 6.92 Å². The number of hydrogen-bond donors (Lipinski definition) is 1. The van der Waals surface area contributed by atoms with Crippen molar-refractivity contribution in [3.63, 3.8) is 0 Å². The van der Waals surface area contributed by atoms with E-state index >= 15 is 0 Å². The van der Waals surface area contributed by atoms with Crippen molar-refractivity contribution in [3.8, 4) is 22.8 Å². The van der Waals surface area contributed by atoms with E-state index in [-0.39, 0.29) is 5.91 Å². The molecule has 0 unspecified atom stereocenters. The van der Waals surface area contributed by atoms with Gasteiger partial charge in [0.15, 0.2) is 16.6 Å². The number of ether oxygens (including phenoxy) is 2. The Morgan fingerprint density at radius 3 is 2.58 bits per heavy atom. The summed E-state index contributed by atoms with van der Waals surface area (Å²) in [5.41, 5.74) is 2.28. The van der Waals surface area contributed by atoms with Gasteiger partial charge >= 0.3 is 0 Å². The van der Waals surface area contributed by atoms with Crippen LogP contribution in [0, 0.1) is 6.92 Å². The van der Waals surface area contributed by atoms with E-state index in [1.807, 2.05) is 37.3 Å². The molecule has 0 bridgehead atoms. The topological polar surface area (TPSA) is 60.5 Å². The molecule has 0 aliphatic carbocycles. The zero-order valence-electron chi connectivity index (χ0n) is 14.5. The quantitative estimate of drug-likeness (QED) is 0.605. The largest absolute Gasteiger partial charge is 0.493 e. The van der Waals surface area contributed by atoms with E-state index in [0.29, 0.717) is 22.2 Å². The first-order valence-corrected chi connectivity index (χ1v) is 9.39. The average molecular weight is 433 g/mol. The minimum absolute atomic E-state index is 0.195. The van der Waals surface area contributed by atoms with Crippen LogP contribution in [0.1, 0.15) is 15.2 Å². The van der Waals surface area contributed by atoms with Crippen molar-refractivity contribution in [3.05, 3.63) is 57.4 Å². The number of halogens is 1. The molecule has 26 heavy (non-hydrogen) atoms. The molecule has 1 amide bonds. The SMILES string of the molecule is COc1ccc(-c2nc(NC(=O)c3cccc(Br)c3)sc2C)cc1OC. The fourth-order valence-corrected chi connectivity index (χ4v) is 3.73. The van der Waals surface area contributed by atoms with Crippen LogP contribution in [0.5, 0.6) is 11.5 Å². The van der Waals surface area contributed by atoms with Crippen molar-refractivity contribution in [1.29, 1.82) is 0 Å². The summed E-state index contributed by atoms with van der Waals surface area (Å²) in [6.45, 7) is 1.97. The van der Waals surface area contributed by atoms with E-state index < -0.39 is 0 Å². The first-order valence-electron chi connectivity index (χ1n) is 7.78. The highest BCUT2D eigenvalue weighted by atomic mass is 79.9. The zero-order valence-corrected chi connectivity index (χ0v) is 16.9. The van der Waals surface area contributed by atoms with Gasteiger partial charge in [0.05, 0.1) is 19.9 Å². The summed E-state index contributed by atoms with van der Waals surface area (Å²) in [6.07, 6.45) is 0. The molecule has 0 fully saturated rings. The van der Waals surface area contributed by atoms with Gasteiger partial charge in [-0.2, -0.15) is 0 Å². The lowest BCUT2D eigenvalue weighted by atomic mass is 10.1. The van der Waals surface area contributed by atoms with Crippen LogP contribution >= 0.6 is 27.3 Å². The predicted molar refractivity (Wildman–Crippen MR) is 107 cm³/mol. The molecule has 3 aromatic rings. The van der Waals surface area contributed by atoms with Gasteiger partial charge in [-0.25, -0.2) is 4.98 Å². The minimum Gasteiger partial charge on any atom is -0.493 e. The Morgan fingerprint density at radius 1 is 1.12 bits per heavy atom. The van der Waals surface area contributed by atoms with Gasteiger partial charge in [0.25, 0.3) is 5.91 Å². The third kappa shape index (κ3) is 3.89. The first-order chi connectivity index (χ1) is 12.5. The number of aromatic nitrogens is 1. The van der Waals surface area contributed by atoms with Crippen LogP contribution in [0.2, 0.25) is 0 Å². The standard InChI is InChI=1S/C19H17BrN2O3S/c1-11-17(12-7-8-15(24-2)16(10-12)25-3)21-19(26-11)22-18(23)13-5-4-6-14(20)9-13/h4-10H,1-3H3,(H,21,22,23). The number of thiazole rings is 1. The van der Waals surface area contributed by atoms with Gasteiger partial charge in [0.1, 0.15) is 0 Å². The van der Waals surface area contributed by atoms with Gasteiger partial charge in [0, 0.05) is 20.5 Å². The maximum atomic E-state index is 12.4. The summed E-state index contributed by atoms with van der Waals surface area (Å²) in [6, 6.07) is 12.9. The normalized spacial score (nSPS) is 10.5. The van der Waals surface area contributed by atoms with Crippen LogP contribution in [0.3, 0.4) is 0 Å². The summed E-state index contributed by atoms with van der Waals surface area (Å²) >= 11 is 4.81. The highest BCUT2D eigenvalue weighted by Crippen LogP contribution is 2.36. The molecule has 3 rings (SSSR count). The lowest BCUT2D eigenvalue weighted by molar-refractivity contribution is 0.102.